The highest BCUT2D eigenvalue weighted by atomic mass is 32.2. The van der Waals surface area contributed by atoms with Gasteiger partial charge in [-0.25, -0.2) is 0 Å². The van der Waals surface area contributed by atoms with Gasteiger partial charge in [0.1, 0.15) is 6.54 Å². The molecule has 1 aromatic carbocycles. The number of fused-ring (bicyclic) bond motifs is 1. The van der Waals surface area contributed by atoms with Crippen molar-refractivity contribution in [2.45, 2.75) is 25.3 Å². The SMILES string of the molecule is CC[n+]1c(C)oc2cc(S(=O)(=O)O)ccc21. The first-order valence-corrected chi connectivity index (χ1v) is 6.28. The Balaban J connectivity index is 2.74. The fourth-order valence-corrected chi connectivity index (χ4v) is 2.23. The van der Waals surface area contributed by atoms with E-state index in [1.165, 1.54) is 12.1 Å². The zero-order valence-corrected chi connectivity index (χ0v) is 9.78. The molecular formula is C10H12NO4S+. The normalized spacial score (nSPS) is 12.2. The van der Waals surface area contributed by atoms with Crippen LogP contribution in [0.25, 0.3) is 11.1 Å². The van der Waals surface area contributed by atoms with Gasteiger partial charge in [0.05, 0.1) is 11.8 Å². The molecule has 2 aromatic rings. The molecule has 16 heavy (non-hydrogen) atoms. The van der Waals surface area contributed by atoms with E-state index in [1.807, 2.05) is 11.5 Å². The van der Waals surface area contributed by atoms with Gasteiger partial charge in [0.2, 0.25) is 5.58 Å². The van der Waals surface area contributed by atoms with E-state index in [9.17, 15) is 8.42 Å². The van der Waals surface area contributed by atoms with E-state index >= 15 is 0 Å². The lowest BCUT2D eigenvalue weighted by Gasteiger charge is -1.93. The fourth-order valence-electron chi connectivity index (χ4n) is 1.74. The maximum atomic E-state index is 10.9. The fraction of sp³-hybridized carbons (Fsp3) is 0.300. The van der Waals surface area contributed by atoms with E-state index in [-0.39, 0.29) is 4.90 Å². The van der Waals surface area contributed by atoms with Crippen LogP contribution in [0.3, 0.4) is 0 Å². The van der Waals surface area contributed by atoms with Gasteiger partial charge in [-0.15, -0.1) is 0 Å². The van der Waals surface area contributed by atoms with Gasteiger partial charge in [-0.2, -0.15) is 13.0 Å². The molecule has 0 aliphatic heterocycles. The van der Waals surface area contributed by atoms with E-state index in [0.717, 1.165) is 12.1 Å². The number of nitrogens with zero attached hydrogens (tertiary/aromatic N) is 1. The minimum absolute atomic E-state index is 0.156. The molecule has 0 bridgehead atoms. The summed E-state index contributed by atoms with van der Waals surface area (Å²) in [5.41, 5.74) is 1.27. The molecule has 6 heteroatoms. The van der Waals surface area contributed by atoms with Crippen LogP contribution >= 0.6 is 0 Å². The molecule has 0 atom stereocenters. The van der Waals surface area contributed by atoms with Crippen LogP contribution in [-0.4, -0.2) is 13.0 Å². The summed E-state index contributed by atoms with van der Waals surface area (Å²) in [6, 6.07) is 4.31. The molecule has 0 aliphatic carbocycles. The van der Waals surface area contributed by atoms with Gasteiger partial charge in [-0.1, -0.05) is 0 Å². The van der Waals surface area contributed by atoms with Crippen molar-refractivity contribution < 1.29 is 22.0 Å². The first-order valence-electron chi connectivity index (χ1n) is 4.84. The molecule has 0 fully saturated rings. The Kier molecular flexibility index (Phi) is 2.47. The summed E-state index contributed by atoms with van der Waals surface area (Å²) in [6.07, 6.45) is 0. The average Bonchev–Trinajstić information content (AvgIpc) is 2.50. The van der Waals surface area contributed by atoms with E-state index < -0.39 is 10.1 Å². The lowest BCUT2D eigenvalue weighted by molar-refractivity contribution is -0.679. The van der Waals surface area contributed by atoms with Crippen LogP contribution in [0.1, 0.15) is 12.8 Å². The highest BCUT2D eigenvalue weighted by molar-refractivity contribution is 7.85. The third-order valence-electron chi connectivity index (χ3n) is 2.47. The molecule has 0 spiro atoms. The monoisotopic (exact) mass is 242 g/mol. The van der Waals surface area contributed by atoms with Gasteiger partial charge in [0.25, 0.3) is 15.6 Å². The number of aromatic nitrogens is 1. The molecule has 86 valence electrons. The smallest absolute Gasteiger partial charge is 0.344 e. The Morgan fingerprint density at radius 1 is 1.44 bits per heavy atom. The summed E-state index contributed by atoms with van der Waals surface area (Å²) in [4.78, 5) is -0.156. The summed E-state index contributed by atoms with van der Waals surface area (Å²) in [5.74, 6) is 0.699. The molecule has 0 amide bonds. The van der Waals surface area contributed by atoms with Gasteiger partial charge in [-0.3, -0.25) is 4.55 Å². The molecule has 2 rings (SSSR count). The number of hydrogen-bond acceptors (Lipinski definition) is 3. The summed E-state index contributed by atoms with van der Waals surface area (Å²) < 4.78 is 38.1. The zero-order valence-electron chi connectivity index (χ0n) is 8.97. The summed E-state index contributed by atoms with van der Waals surface area (Å²) in [6.45, 7) is 4.51. The first kappa shape index (κ1) is 11.1. The Morgan fingerprint density at radius 3 is 2.69 bits per heavy atom. The van der Waals surface area contributed by atoms with Crippen LogP contribution in [-0.2, 0) is 16.7 Å². The molecule has 1 heterocycles. The quantitative estimate of drug-likeness (QED) is 0.636. The predicted octanol–water partition coefficient (Wildman–Crippen LogP) is 1.30. The highest BCUT2D eigenvalue weighted by Crippen LogP contribution is 2.18. The number of benzene rings is 1. The van der Waals surface area contributed by atoms with Crippen molar-refractivity contribution in [1.82, 2.24) is 0 Å². The minimum Gasteiger partial charge on any atom is -0.402 e. The third-order valence-corrected chi connectivity index (χ3v) is 3.32. The molecule has 1 N–H and O–H groups in total. The van der Waals surface area contributed by atoms with E-state index in [2.05, 4.69) is 0 Å². The van der Waals surface area contributed by atoms with Gasteiger partial charge < -0.3 is 4.42 Å². The lowest BCUT2D eigenvalue weighted by atomic mass is 10.3. The summed E-state index contributed by atoms with van der Waals surface area (Å²) >= 11 is 0. The Morgan fingerprint density at radius 2 is 2.12 bits per heavy atom. The predicted molar refractivity (Wildman–Crippen MR) is 56.6 cm³/mol. The molecule has 5 nitrogen and oxygen atoms in total. The standard InChI is InChI=1S/C10H11NO4S/c1-3-11-7(2)15-10-6-8(16(12,13)14)4-5-9(10)11/h4-6H,3H2,1-2H3/p+1. The number of rotatable bonds is 2. The molecule has 0 unspecified atom stereocenters. The topological polar surface area (TPSA) is 71.4 Å². The second-order valence-electron chi connectivity index (χ2n) is 3.47. The van der Waals surface area contributed by atoms with Gasteiger partial charge in [0.15, 0.2) is 0 Å². The Bertz CT molecular complexity index is 642. The molecule has 1 aromatic heterocycles. The number of hydrogen-bond donors (Lipinski definition) is 1. The van der Waals surface area contributed by atoms with E-state index in [0.29, 0.717) is 11.5 Å². The maximum absolute atomic E-state index is 10.9. The van der Waals surface area contributed by atoms with Crippen LogP contribution in [0.4, 0.5) is 0 Å². The van der Waals surface area contributed by atoms with Gasteiger partial charge in [0, 0.05) is 12.1 Å². The summed E-state index contributed by atoms with van der Waals surface area (Å²) in [5, 5.41) is 0. The lowest BCUT2D eigenvalue weighted by Crippen LogP contribution is -2.33. The zero-order chi connectivity index (χ0) is 11.9. The van der Waals surface area contributed by atoms with Crippen molar-refractivity contribution in [1.29, 1.82) is 0 Å². The van der Waals surface area contributed by atoms with Crippen molar-refractivity contribution in [3.63, 3.8) is 0 Å². The van der Waals surface area contributed by atoms with Crippen LogP contribution in [0.2, 0.25) is 0 Å². The Labute approximate surface area is 93.1 Å². The number of aryl methyl sites for hydroxylation is 2. The second-order valence-corrected chi connectivity index (χ2v) is 4.89. The first-order chi connectivity index (χ1) is 7.43. The van der Waals surface area contributed by atoms with Gasteiger partial charge >= 0.3 is 5.89 Å². The third kappa shape index (κ3) is 1.70. The van der Waals surface area contributed by atoms with Crippen LogP contribution in [0, 0.1) is 6.92 Å². The minimum atomic E-state index is -4.17. The molecule has 0 saturated heterocycles. The second kappa shape index (κ2) is 3.57. The van der Waals surface area contributed by atoms with E-state index in [4.69, 9.17) is 8.97 Å². The average molecular weight is 242 g/mol. The van der Waals surface area contributed by atoms with E-state index in [1.54, 1.807) is 13.0 Å². The largest absolute Gasteiger partial charge is 0.402 e. The van der Waals surface area contributed by atoms with Crippen LogP contribution < -0.4 is 4.57 Å². The van der Waals surface area contributed by atoms with Crippen molar-refractivity contribution in [3.8, 4) is 0 Å². The maximum Gasteiger partial charge on any atom is 0.344 e. The van der Waals surface area contributed by atoms with Gasteiger partial charge in [-0.05, 0) is 13.0 Å². The molecular weight excluding hydrogens is 230 g/mol. The van der Waals surface area contributed by atoms with Crippen LogP contribution in [0.5, 0.6) is 0 Å². The molecule has 0 aliphatic rings. The Hall–Kier alpha value is -1.40. The van der Waals surface area contributed by atoms with Crippen molar-refractivity contribution in [3.05, 3.63) is 24.1 Å². The molecule has 0 radical (unpaired) electrons. The molecule has 0 saturated carbocycles. The highest BCUT2D eigenvalue weighted by Gasteiger charge is 2.20. The van der Waals surface area contributed by atoms with Crippen molar-refractivity contribution >= 4 is 21.2 Å². The van der Waals surface area contributed by atoms with Crippen LogP contribution in [0.15, 0.2) is 27.5 Å². The van der Waals surface area contributed by atoms with Crippen molar-refractivity contribution in [2.75, 3.05) is 0 Å². The number of oxazole rings is 1. The summed E-state index contributed by atoms with van der Waals surface area (Å²) in [7, 11) is -4.17. The van der Waals surface area contributed by atoms with Crippen molar-refractivity contribution in [2.24, 2.45) is 0 Å².